The summed E-state index contributed by atoms with van der Waals surface area (Å²) in [6, 6.07) is 7.40. The van der Waals surface area contributed by atoms with Gasteiger partial charge in [0, 0.05) is 6.61 Å². The first-order valence-corrected chi connectivity index (χ1v) is 13.0. The van der Waals surface area contributed by atoms with Gasteiger partial charge in [-0.15, -0.1) is 0 Å². The zero-order valence-corrected chi connectivity index (χ0v) is 19.1. The fraction of sp³-hybridized carbons (Fsp3) is 0.786. The van der Waals surface area contributed by atoms with E-state index in [1.54, 1.807) is 16.7 Å². The monoisotopic (exact) mass is 396 g/mol. The third-order valence-electron chi connectivity index (χ3n) is 8.45. The Morgan fingerprint density at radius 2 is 1.59 bits per heavy atom. The fourth-order valence-corrected chi connectivity index (χ4v) is 6.75. The molecule has 0 N–H and O–H groups in total. The van der Waals surface area contributed by atoms with E-state index in [0.29, 0.717) is 6.10 Å². The maximum absolute atomic E-state index is 6.24. The van der Waals surface area contributed by atoms with Crippen molar-refractivity contribution in [1.82, 2.24) is 0 Å². The van der Waals surface area contributed by atoms with Crippen LogP contribution in [-0.2, 0) is 24.0 Å². The molecule has 0 amide bonds. The lowest BCUT2D eigenvalue weighted by molar-refractivity contribution is -0.0249. The smallest absolute Gasteiger partial charge is 0.0578 e. The molecular formula is C28H44O. The first kappa shape index (κ1) is 21.4. The number of hydrogen-bond acceptors (Lipinski definition) is 1. The van der Waals surface area contributed by atoms with Crippen LogP contribution >= 0.6 is 0 Å². The molecule has 4 rings (SSSR count). The second kappa shape index (κ2) is 10.5. The summed E-state index contributed by atoms with van der Waals surface area (Å²) < 4.78 is 6.24. The van der Waals surface area contributed by atoms with E-state index in [-0.39, 0.29) is 0 Å². The van der Waals surface area contributed by atoms with Gasteiger partial charge in [-0.25, -0.2) is 0 Å². The molecule has 0 bridgehead atoms. The van der Waals surface area contributed by atoms with Crippen molar-refractivity contribution in [2.45, 2.75) is 110 Å². The summed E-state index contributed by atoms with van der Waals surface area (Å²) in [7, 11) is 0. The van der Waals surface area contributed by atoms with Gasteiger partial charge in [0.2, 0.25) is 0 Å². The molecule has 3 aliphatic carbocycles. The lowest BCUT2D eigenvalue weighted by Crippen LogP contribution is -2.37. The van der Waals surface area contributed by atoms with Gasteiger partial charge in [-0.05, 0) is 111 Å². The quantitative estimate of drug-likeness (QED) is 0.412. The average Bonchev–Trinajstić information content (AvgIpc) is 2.76. The minimum absolute atomic E-state index is 0.573. The van der Waals surface area contributed by atoms with Crippen molar-refractivity contribution in [2.75, 3.05) is 6.61 Å². The van der Waals surface area contributed by atoms with Crippen LogP contribution in [0.3, 0.4) is 0 Å². The SMILES string of the molecule is CCCCCO[C@@H]1CC[C@@H]2CC(C3CCc4cc(CCC)ccc4C3)CCC2C1. The van der Waals surface area contributed by atoms with Gasteiger partial charge >= 0.3 is 0 Å². The largest absolute Gasteiger partial charge is 0.378 e. The van der Waals surface area contributed by atoms with Crippen LogP contribution in [-0.4, -0.2) is 12.7 Å². The molecule has 29 heavy (non-hydrogen) atoms. The Bertz CT molecular complexity index is 635. The van der Waals surface area contributed by atoms with Gasteiger partial charge < -0.3 is 4.74 Å². The van der Waals surface area contributed by atoms with Crippen LogP contribution in [0.5, 0.6) is 0 Å². The molecule has 0 heterocycles. The number of rotatable bonds is 8. The Labute approximate surface area is 180 Å². The highest BCUT2D eigenvalue weighted by Crippen LogP contribution is 2.47. The van der Waals surface area contributed by atoms with Crippen molar-refractivity contribution in [3.05, 3.63) is 34.9 Å². The predicted octanol–water partition coefficient (Wildman–Crippen LogP) is 7.54. The van der Waals surface area contributed by atoms with Crippen molar-refractivity contribution >= 4 is 0 Å². The van der Waals surface area contributed by atoms with E-state index in [2.05, 4.69) is 32.0 Å². The Balaban J connectivity index is 1.26. The van der Waals surface area contributed by atoms with Gasteiger partial charge in [0.05, 0.1) is 6.10 Å². The highest BCUT2D eigenvalue weighted by Gasteiger charge is 2.38. The number of aryl methyl sites for hydroxylation is 2. The molecule has 0 saturated heterocycles. The molecule has 1 aromatic rings. The molecular weight excluding hydrogens is 352 g/mol. The number of benzene rings is 1. The fourth-order valence-electron chi connectivity index (χ4n) is 6.75. The average molecular weight is 397 g/mol. The van der Waals surface area contributed by atoms with Crippen molar-refractivity contribution in [1.29, 1.82) is 0 Å². The summed E-state index contributed by atoms with van der Waals surface area (Å²) in [6.07, 6.45) is 19.7. The third-order valence-corrected chi connectivity index (χ3v) is 8.45. The summed E-state index contributed by atoms with van der Waals surface area (Å²) in [4.78, 5) is 0. The normalized spacial score (nSPS) is 31.9. The maximum Gasteiger partial charge on any atom is 0.0578 e. The molecule has 0 aliphatic heterocycles. The highest BCUT2D eigenvalue weighted by atomic mass is 16.5. The van der Waals surface area contributed by atoms with Crippen molar-refractivity contribution in [2.24, 2.45) is 23.7 Å². The maximum atomic E-state index is 6.24. The molecule has 3 aliphatic rings. The van der Waals surface area contributed by atoms with Crippen LogP contribution in [0.2, 0.25) is 0 Å². The van der Waals surface area contributed by atoms with Crippen molar-refractivity contribution in [3.8, 4) is 0 Å². The number of unbranched alkanes of at least 4 members (excludes halogenated alkanes) is 2. The molecule has 2 saturated carbocycles. The molecule has 5 atom stereocenters. The van der Waals surface area contributed by atoms with E-state index < -0.39 is 0 Å². The summed E-state index contributed by atoms with van der Waals surface area (Å²) >= 11 is 0. The van der Waals surface area contributed by atoms with Crippen LogP contribution in [0.4, 0.5) is 0 Å². The molecule has 2 fully saturated rings. The van der Waals surface area contributed by atoms with E-state index in [9.17, 15) is 0 Å². The van der Waals surface area contributed by atoms with Crippen molar-refractivity contribution < 1.29 is 4.74 Å². The Morgan fingerprint density at radius 1 is 0.793 bits per heavy atom. The summed E-state index contributed by atoms with van der Waals surface area (Å²) in [5, 5.41) is 0. The second-order valence-electron chi connectivity index (χ2n) is 10.5. The zero-order valence-electron chi connectivity index (χ0n) is 19.1. The van der Waals surface area contributed by atoms with Crippen LogP contribution in [0.25, 0.3) is 0 Å². The topological polar surface area (TPSA) is 9.23 Å². The zero-order chi connectivity index (χ0) is 20.1. The molecule has 1 nitrogen and oxygen atoms in total. The van der Waals surface area contributed by atoms with Gasteiger partial charge in [0.15, 0.2) is 0 Å². The molecule has 162 valence electrons. The lowest BCUT2D eigenvalue weighted by atomic mass is 9.62. The lowest BCUT2D eigenvalue weighted by Gasteiger charge is -2.45. The molecule has 0 aromatic heterocycles. The minimum atomic E-state index is 0.573. The number of fused-ring (bicyclic) bond motifs is 2. The van der Waals surface area contributed by atoms with Crippen LogP contribution in [0.1, 0.15) is 101 Å². The third kappa shape index (κ3) is 5.46. The van der Waals surface area contributed by atoms with Crippen LogP contribution in [0, 0.1) is 23.7 Å². The summed E-state index contributed by atoms with van der Waals surface area (Å²) in [5.41, 5.74) is 4.90. The van der Waals surface area contributed by atoms with E-state index in [0.717, 1.165) is 30.3 Å². The van der Waals surface area contributed by atoms with Crippen molar-refractivity contribution in [3.63, 3.8) is 0 Å². The minimum Gasteiger partial charge on any atom is -0.378 e. The first-order chi connectivity index (χ1) is 14.3. The summed E-state index contributed by atoms with van der Waals surface area (Å²) in [6.45, 7) is 5.57. The Hall–Kier alpha value is -0.820. The first-order valence-electron chi connectivity index (χ1n) is 13.0. The Morgan fingerprint density at radius 3 is 2.41 bits per heavy atom. The van der Waals surface area contributed by atoms with E-state index in [4.69, 9.17) is 4.74 Å². The molecule has 0 radical (unpaired) electrons. The molecule has 1 aromatic carbocycles. The van der Waals surface area contributed by atoms with Gasteiger partial charge in [-0.1, -0.05) is 51.3 Å². The standard InChI is InChI=1S/C28H44O/c1-3-5-6-16-29-28-15-14-26-19-25(12-13-27(26)20-28)24-11-10-22-17-21(7-4-2)8-9-23(22)18-24/h8-9,17,24-28H,3-7,10-16,18-20H2,1-2H3/t24?,25?,26-,27?,28-/m1/s1. The molecule has 3 unspecified atom stereocenters. The van der Waals surface area contributed by atoms with Gasteiger partial charge in [-0.3, -0.25) is 0 Å². The van der Waals surface area contributed by atoms with Gasteiger partial charge in [0.25, 0.3) is 0 Å². The van der Waals surface area contributed by atoms with E-state index >= 15 is 0 Å². The van der Waals surface area contributed by atoms with Crippen LogP contribution < -0.4 is 0 Å². The van der Waals surface area contributed by atoms with Gasteiger partial charge in [-0.2, -0.15) is 0 Å². The van der Waals surface area contributed by atoms with E-state index in [1.165, 1.54) is 89.9 Å². The molecule has 1 heteroatoms. The highest BCUT2D eigenvalue weighted by molar-refractivity contribution is 5.34. The van der Waals surface area contributed by atoms with Gasteiger partial charge in [0.1, 0.15) is 0 Å². The van der Waals surface area contributed by atoms with Crippen LogP contribution in [0.15, 0.2) is 18.2 Å². The number of ether oxygens (including phenoxy) is 1. The summed E-state index contributed by atoms with van der Waals surface area (Å²) in [5.74, 6) is 3.89. The molecule has 0 spiro atoms. The van der Waals surface area contributed by atoms with E-state index in [1.807, 2.05) is 0 Å². The second-order valence-corrected chi connectivity index (χ2v) is 10.5. The predicted molar refractivity (Wildman–Crippen MR) is 123 cm³/mol. The number of hydrogen-bond donors (Lipinski definition) is 0. The Kier molecular flexibility index (Phi) is 7.73.